The lowest BCUT2D eigenvalue weighted by atomic mass is 9.91. The molecule has 1 aliphatic rings. The lowest BCUT2D eigenvalue weighted by Gasteiger charge is -2.20. The van der Waals surface area contributed by atoms with Gasteiger partial charge in [-0.3, -0.25) is 4.98 Å². The van der Waals surface area contributed by atoms with Crippen molar-refractivity contribution in [3.05, 3.63) is 124 Å². The maximum atomic E-state index is 9.09. The van der Waals surface area contributed by atoms with E-state index in [4.69, 9.17) is 42.8 Å². The van der Waals surface area contributed by atoms with Gasteiger partial charge in [-0.1, -0.05) is 108 Å². The molecule has 2 atom stereocenters. The Morgan fingerprint density at radius 2 is 1.59 bits per heavy atom. The molecule has 6 rings (SSSR count). The standard InChI is InChI=1S/C23H24ClN3O2.C12H12ClNO.3C2H6.C2H4.CH5N/c1-14-13-29-22-17(14)11-19(18(12-25-2)15-7-5-4-6-8-15)27-21(22)16-9-10-26-23(28-3)20(16)24;1-7-3-9(6-15)4-10-5-11(13)8(2)14-12(7)10;5*1-2/h4-11,14,18,25H,12-13H2,1-3H3;3-5,15H,6H2,1-2H3;3*1-2H3;1-2H2;2H2,1H3. The van der Waals surface area contributed by atoms with E-state index in [-0.39, 0.29) is 12.5 Å². The number of aromatic nitrogens is 3. The lowest BCUT2D eigenvalue weighted by molar-refractivity contribution is 0.282. The second-order valence-corrected chi connectivity index (χ2v) is 11.7. The highest BCUT2D eigenvalue weighted by Gasteiger charge is 2.29. The fourth-order valence-electron chi connectivity index (χ4n) is 5.48. The van der Waals surface area contributed by atoms with Crippen molar-refractivity contribution in [1.29, 1.82) is 0 Å². The maximum absolute atomic E-state index is 9.09. The normalized spacial score (nSPS) is 12.3. The number of nitrogens with two attached hydrogens (primary N) is 1. The van der Waals surface area contributed by atoms with Gasteiger partial charge in [0.25, 0.3) is 0 Å². The van der Waals surface area contributed by atoms with Crippen LogP contribution in [-0.4, -0.2) is 54.4 Å². The predicted molar refractivity (Wildman–Crippen MR) is 233 cm³/mol. The molecule has 0 saturated carbocycles. The van der Waals surface area contributed by atoms with Crippen LogP contribution in [0.5, 0.6) is 11.6 Å². The van der Waals surface area contributed by atoms with E-state index in [2.05, 4.69) is 71.4 Å². The number of nitrogens with zero attached hydrogens (tertiary/aromatic N) is 3. The molecular weight excluding hydrogens is 717 g/mol. The molecule has 0 radical (unpaired) electrons. The van der Waals surface area contributed by atoms with Crippen molar-refractivity contribution in [3.8, 4) is 22.9 Å². The Labute approximate surface area is 335 Å². The third-order valence-electron chi connectivity index (χ3n) is 7.78. The number of ether oxygens (including phenoxy) is 2. The summed E-state index contributed by atoms with van der Waals surface area (Å²) in [7, 11) is 5.02. The number of hydrogen-bond acceptors (Lipinski definition) is 8. The number of methoxy groups -OCH3 is 1. The zero-order valence-electron chi connectivity index (χ0n) is 34.5. The topological polar surface area (TPSA) is 115 Å². The molecule has 0 bridgehead atoms. The quantitative estimate of drug-likeness (QED) is 0.140. The highest BCUT2D eigenvalue weighted by atomic mass is 35.5. The van der Waals surface area contributed by atoms with E-state index in [1.165, 1.54) is 12.6 Å². The molecule has 3 aromatic heterocycles. The fourth-order valence-corrected chi connectivity index (χ4v) is 5.92. The Hall–Kier alpha value is -4.05. The number of fused-ring (bicyclic) bond motifs is 2. The summed E-state index contributed by atoms with van der Waals surface area (Å²) in [5, 5.41) is 14.5. The van der Waals surface area contributed by atoms with E-state index < -0.39 is 0 Å². The summed E-state index contributed by atoms with van der Waals surface area (Å²) >= 11 is 12.6. The van der Waals surface area contributed by atoms with Crippen LogP contribution in [-0.2, 0) is 6.61 Å². The van der Waals surface area contributed by atoms with Gasteiger partial charge in [-0.05, 0) is 68.9 Å². The first-order valence-electron chi connectivity index (χ1n) is 18.6. The number of likely N-dealkylation sites (N-methyl/N-ethyl adjacent to an activating group) is 1. The van der Waals surface area contributed by atoms with Crippen LogP contribution >= 0.6 is 23.2 Å². The second kappa shape index (κ2) is 27.5. The molecule has 1 aliphatic heterocycles. The van der Waals surface area contributed by atoms with Crippen molar-refractivity contribution in [2.45, 2.75) is 80.8 Å². The van der Waals surface area contributed by atoms with E-state index in [0.29, 0.717) is 28.5 Å². The Morgan fingerprint density at radius 3 is 2.17 bits per heavy atom. The molecule has 0 aliphatic carbocycles. The third-order valence-corrected chi connectivity index (χ3v) is 8.53. The largest absolute Gasteiger partial charge is 0.490 e. The van der Waals surface area contributed by atoms with Gasteiger partial charge in [0, 0.05) is 41.1 Å². The summed E-state index contributed by atoms with van der Waals surface area (Å²) in [6, 6.07) is 20.2. The fraction of sp³-hybridized carbons (Fsp3) is 0.386. The Bertz CT molecular complexity index is 1810. The van der Waals surface area contributed by atoms with E-state index >= 15 is 0 Å². The molecule has 5 aromatic rings. The molecule has 2 unspecified atom stereocenters. The van der Waals surface area contributed by atoms with Gasteiger partial charge in [0.2, 0.25) is 5.88 Å². The minimum atomic E-state index is 0.0439. The Balaban J connectivity index is 0.000000947. The SMILES string of the molecule is C=C.CC.CC.CC.CN.CNCC(c1ccccc1)c1cc2c(c(-c3ccnc(OC)c3Cl)n1)OCC2C.Cc1nc2c(C)cc(CO)cc2cc1Cl. The van der Waals surface area contributed by atoms with Gasteiger partial charge in [-0.2, -0.15) is 0 Å². The second-order valence-electron chi connectivity index (χ2n) is 10.9. The van der Waals surface area contributed by atoms with E-state index in [0.717, 1.165) is 62.5 Å². The smallest absolute Gasteiger partial charge is 0.232 e. The number of hydrogen-bond donors (Lipinski definition) is 3. The van der Waals surface area contributed by atoms with E-state index in [1.54, 1.807) is 13.3 Å². The van der Waals surface area contributed by atoms with Crippen molar-refractivity contribution in [2.24, 2.45) is 5.73 Å². The number of halogens is 2. The number of aryl methyl sites for hydroxylation is 2. The van der Waals surface area contributed by atoms with Gasteiger partial charge in [0.15, 0.2) is 0 Å². The first kappa shape index (κ1) is 49.9. The minimum Gasteiger partial charge on any atom is -0.490 e. The third kappa shape index (κ3) is 13.1. The number of benzene rings is 2. The average molecular weight is 781 g/mol. The molecule has 296 valence electrons. The lowest BCUT2D eigenvalue weighted by Crippen LogP contribution is -2.19. The molecule has 0 fully saturated rings. The van der Waals surface area contributed by atoms with Crippen LogP contribution in [0.1, 0.15) is 93.9 Å². The summed E-state index contributed by atoms with van der Waals surface area (Å²) in [5.41, 5.74) is 13.1. The van der Waals surface area contributed by atoms with Crippen LogP contribution in [0.4, 0.5) is 0 Å². The molecular formula is C44H63Cl2N5O3. The van der Waals surface area contributed by atoms with Gasteiger partial charge in [0.05, 0.1) is 42.3 Å². The van der Waals surface area contributed by atoms with E-state index in [9.17, 15) is 0 Å². The Morgan fingerprint density at radius 1 is 0.963 bits per heavy atom. The van der Waals surface area contributed by atoms with Gasteiger partial charge in [-0.15, -0.1) is 13.2 Å². The molecule has 2 aromatic carbocycles. The Kier molecular flexibility index (Phi) is 25.5. The van der Waals surface area contributed by atoms with E-state index in [1.807, 2.05) is 92.8 Å². The zero-order valence-corrected chi connectivity index (χ0v) is 36.0. The van der Waals surface area contributed by atoms with Crippen LogP contribution in [0.25, 0.3) is 22.2 Å². The highest BCUT2D eigenvalue weighted by Crippen LogP contribution is 2.45. The molecule has 4 heterocycles. The summed E-state index contributed by atoms with van der Waals surface area (Å²) in [4.78, 5) is 13.7. The first-order valence-corrected chi connectivity index (χ1v) is 19.3. The van der Waals surface area contributed by atoms with Gasteiger partial charge >= 0.3 is 0 Å². The van der Waals surface area contributed by atoms with Crippen LogP contribution in [0.15, 0.2) is 80.0 Å². The maximum Gasteiger partial charge on any atom is 0.232 e. The van der Waals surface area contributed by atoms with Crippen molar-refractivity contribution >= 4 is 34.1 Å². The molecule has 0 saturated heterocycles. The predicted octanol–water partition coefficient (Wildman–Crippen LogP) is 11.1. The number of aliphatic hydroxyl groups excluding tert-OH is 1. The zero-order chi connectivity index (χ0) is 41.4. The van der Waals surface area contributed by atoms with Crippen molar-refractivity contribution in [1.82, 2.24) is 20.3 Å². The molecule has 0 spiro atoms. The molecule has 54 heavy (non-hydrogen) atoms. The van der Waals surface area contributed by atoms with Crippen LogP contribution in [0, 0.1) is 13.8 Å². The molecule has 8 nitrogen and oxygen atoms in total. The number of pyridine rings is 3. The van der Waals surface area contributed by atoms with Crippen LogP contribution in [0.2, 0.25) is 10.0 Å². The number of nitrogens with one attached hydrogen (secondary N) is 1. The van der Waals surface area contributed by atoms with Gasteiger partial charge in [-0.25, -0.2) is 9.97 Å². The molecule has 0 amide bonds. The van der Waals surface area contributed by atoms with Crippen LogP contribution in [0.3, 0.4) is 0 Å². The number of aliphatic hydroxyl groups is 1. The summed E-state index contributed by atoms with van der Waals surface area (Å²) in [6.07, 6.45) is 1.68. The van der Waals surface area contributed by atoms with Crippen LogP contribution < -0.4 is 20.5 Å². The van der Waals surface area contributed by atoms with Crippen molar-refractivity contribution in [3.63, 3.8) is 0 Å². The van der Waals surface area contributed by atoms with Gasteiger partial charge < -0.3 is 25.6 Å². The first-order chi connectivity index (χ1) is 26.2. The minimum absolute atomic E-state index is 0.0439. The highest BCUT2D eigenvalue weighted by molar-refractivity contribution is 6.34. The summed E-state index contributed by atoms with van der Waals surface area (Å²) < 4.78 is 11.3. The summed E-state index contributed by atoms with van der Waals surface area (Å²) in [5.74, 6) is 1.58. The monoisotopic (exact) mass is 779 g/mol. The molecule has 10 heteroatoms. The molecule has 4 N–H and O–H groups in total. The number of rotatable bonds is 7. The summed E-state index contributed by atoms with van der Waals surface area (Å²) in [6.45, 7) is 25.5. The van der Waals surface area contributed by atoms with Crippen molar-refractivity contribution in [2.75, 3.05) is 34.4 Å². The average Bonchev–Trinajstić information content (AvgIpc) is 3.61. The van der Waals surface area contributed by atoms with Crippen molar-refractivity contribution < 1.29 is 14.6 Å². The van der Waals surface area contributed by atoms with Gasteiger partial charge in [0.1, 0.15) is 16.5 Å².